The van der Waals surface area contributed by atoms with Gasteiger partial charge in [-0.05, 0) is 19.3 Å². The van der Waals surface area contributed by atoms with E-state index >= 15 is 0 Å². The smallest absolute Gasteiger partial charge is 0.167 e. The van der Waals surface area contributed by atoms with Crippen molar-refractivity contribution < 1.29 is 19.0 Å². The Morgan fingerprint density at radius 1 is 1.43 bits per heavy atom. The van der Waals surface area contributed by atoms with Crippen LogP contribution in [0.3, 0.4) is 0 Å². The van der Waals surface area contributed by atoms with Gasteiger partial charge >= 0.3 is 0 Å². The van der Waals surface area contributed by atoms with Gasteiger partial charge in [-0.15, -0.1) is 0 Å². The fraction of sp³-hybridized carbons (Fsp3) is 0.600. The first-order chi connectivity index (χ1) is 10.1. The highest BCUT2D eigenvalue weighted by Gasteiger charge is 2.32. The van der Waals surface area contributed by atoms with E-state index in [0.29, 0.717) is 44.0 Å². The third-order valence-electron chi connectivity index (χ3n) is 3.72. The molecular formula is C15H23FN2O3. The Balaban J connectivity index is 2.21. The third-order valence-corrected chi connectivity index (χ3v) is 3.72. The summed E-state index contributed by atoms with van der Waals surface area (Å²) in [5.41, 5.74) is 6.28. The number of nitrogen functional groups attached to an aromatic ring is 1. The summed E-state index contributed by atoms with van der Waals surface area (Å²) in [7, 11) is 0. The molecule has 0 unspecified atom stereocenters. The molecule has 6 heteroatoms. The summed E-state index contributed by atoms with van der Waals surface area (Å²) < 4.78 is 24.5. The Labute approximate surface area is 124 Å². The number of nitrogens with one attached hydrogen (secondary N) is 1. The fourth-order valence-corrected chi connectivity index (χ4v) is 2.37. The quantitative estimate of drug-likeness (QED) is 0.702. The molecule has 0 aliphatic carbocycles. The molecule has 1 saturated heterocycles. The second kappa shape index (κ2) is 6.95. The number of hydrogen-bond donors (Lipinski definition) is 3. The zero-order chi connectivity index (χ0) is 15.3. The number of ether oxygens (including phenoxy) is 2. The Morgan fingerprint density at radius 3 is 2.76 bits per heavy atom. The van der Waals surface area contributed by atoms with Gasteiger partial charge in [-0.3, -0.25) is 0 Å². The lowest BCUT2D eigenvalue weighted by Gasteiger charge is -2.37. The SMILES string of the molecule is CCCOc1cc(NC2(CO)CCOCC2)c(N)cc1F. The number of halogens is 1. The molecule has 0 bridgehead atoms. The van der Waals surface area contributed by atoms with Gasteiger partial charge < -0.3 is 25.6 Å². The molecule has 0 amide bonds. The lowest BCUT2D eigenvalue weighted by atomic mass is 9.90. The van der Waals surface area contributed by atoms with Gasteiger partial charge in [-0.25, -0.2) is 4.39 Å². The zero-order valence-corrected chi connectivity index (χ0v) is 12.3. The van der Waals surface area contributed by atoms with Crippen LogP contribution in [0.2, 0.25) is 0 Å². The second-order valence-corrected chi connectivity index (χ2v) is 5.39. The first kappa shape index (κ1) is 15.9. The number of nitrogens with two attached hydrogens (primary N) is 1. The average molecular weight is 298 g/mol. The number of aliphatic hydroxyl groups excluding tert-OH is 1. The molecule has 1 aliphatic rings. The predicted octanol–water partition coefficient (Wildman–Crippen LogP) is 2.15. The van der Waals surface area contributed by atoms with Crippen LogP contribution in [0.4, 0.5) is 15.8 Å². The molecule has 5 nitrogen and oxygen atoms in total. The van der Waals surface area contributed by atoms with E-state index in [4.69, 9.17) is 15.2 Å². The van der Waals surface area contributed by atoms with Crippen molar-refractivity contribution in [1.29, 1.82) is 0 Å². The van der Waals surface area contributed by atoms with E-state index in [0.717, 1.165) is 6.42 Å². The van der Waals surface area contributed by atoms with Crippen molar-refractivity contribution in [2.45, 2.75) is 31.7 Å². The van der Waals surface area contributed by atoms with E-state index in [-0.39, 0.29) is 12.4 Å². The van der Waals surface area contributed by atoms with Crippen molar-refractivity contribution in [1.82, 2.24) is 0 Å². The van der Waals surface area contributed by atoms with Gasteiger partial charge in [0.05, 0.1) is 30.1 Å². The molecule has 0 radical (unpaired) electrons. The standard InChI is InChI=1S/C15H23FN2O3/c1-2-5-21-14-9-13(12(17)8-11(14)16)18-15(10-19)3-6-20-7-4-15/h8-9,18-19H,2-7,10,17H2,1H3. The number of anilines is 2. The van der Waals surface area contributed by atoms with Gasteiger partial charge in [0.2, 0.25) is 0 Å². The molecule has 1 aromatic rings. The topological polar surface area (TPSA) is 76.7 Å². The first-order valence-corrected chi connectivity index (χ1v) is 7.29. The van der Waals surface area contributed by atoms with Crippen LogP contribution in [-0.2, 0) is 4.74 Å². The van der Waals surface area contributed by atoms with Gasteiger partial charge in [0, 0.05) is 25.3 Å². The van der Waals surface area contributed by atoms with E-state index in [1.54, 1.807) is 6.07 Å². The van der Waals surface area contributed by atoms with Crippen LogP contribution >= 0.6 is 0 Å². The van der Waals surface area contributed by atoms with E-state index in [1.165, 1.54) is 6.07 Å². The zero-order valence-electron chi connectivity index (χ0n) is 12.3. The summed E-state index contributed by atoms with van der Waals surface area (Å²) >= 11 is 0. The van der Waals surface area contributed by atoms with E-state index in [1.807, 2.05) is 6.92 Å². The number of hydrogen-bond acceptors (Lipinski definition) is 5. The number of benzene rings is 1. The molecule has 4 N–H and O–H groups in total. The minimum atomic E-state index is -0.480. The highest BCUT2D eigenvalue weighted by molar-refractivity contribution is 5.69. The minimum Gasteiger partial charge on any atom is -0.490 e. The van der Waals surface area contributed by atoms with Crippen LogP contribution in [0.25, 0.3) is 0 Å². The number of rotatable bonds is 6. The summed E-state index contributed by atoms with van der Waals surface area (Å²) in [6.07, 6.45) is 2.14. The maximum absolute atomic E-state index is 13.8. The Kier molecular flexibility index (Phi) is 5.25. The third kappa shape index (κ3) is 3.77. The molecule has 1 aromatic carbocycles. The van der Waals surface area contributed by atoms with Crippen LogP contribution in [0.1, 0.15) is 26.2 Å². The molecule has 21 heavy (non-hydrogen) atoms. The molecule has 0 spiro atoms. The fourth-order valence-electron chi connectivity index (χ4n) is 2.37. The van der Waals surface area contributed by atoms with E-state index in [9.17, 15) is 9.50 Å². The predicted molar refractivity (Wildman–Crippen MR) is 80.1 cm³/mol. The van der Waals surface area contributed by atoms with Crippen molar-refractivity contribution in [2.24, 2.45) is 0 Å². The van der Waals surface area contributed by atoms with Gasteiger partial charge in [-0.1, -0.05) is 6.92 Å². The van der Waals surface area contributed by atoms with E-state index < -0.39 is 11.4 Å². The average Bonchev–Trinajstić information content (AvgIpc) is 2.50. The van der Waals surface area contributed by atoms with Crippen molar-refractivity contribution >= 4 is 11.4 Å². The highest BCUT2D eigenvalue weighted by Crippen LogP contribution is 2.33. The minimum absolute atomic E-state index is 0.0294. The van der Waals surface area contributed by atoms with Gasteiger partial charge in [0.25, 0.3) is 0 Å². The van der Waals surface area contributed by atoms with Gasteiger partial charge in [0.1, 0.15) is 0 Å². The first-order valence-electron chi connectivity index (χ1n) is 7.29. The Morgan fingerprint density at radius 2 is 2.14 bits per heavy atom. The Hall–Kier alpha value is -1.53. The molecule has 0 atom stereocenters. The van der Waals surface area contributed by atoms with Crippen LogP contribution in [-0.4, -0.2) is 37.1 Å². The molecule has 0 aromatic heterocycles. The number of aliphatic hydroxyl groups is 1. The normalized spacial score (nSPS) is 17.5. The van der Waals surface area contributed by atoms with Crippen molar-refractivity contribution in [3.05, 3.63) is 17.9 Å². The molecule has 2 rings (SSSR count). The summed E-state index contributed by atoms with van der Waals surface area (Å²) in [6, 6.07) is 2.81. The molecule has 0 saturated carbocycles. The monoisotopic (exact) mass is 298 g/mol. The molecule has 118 valence electrons. The second-order valence-electron chi connectivity index (χ2n) is 5.39. The van der Waals surface area contributed by atoms with Crippen molar-refractivity contribution in [3.8, 4) is 5.75 Å². The largest absolute Gasteiger partial charge is 0.490 e. The summed E-state index contributed by atoms with van der Waals surface area (Å²) in [6.45, 7) is 3.52. The summed E-state index contributed by atoms with van der Waals surface area (Å²) in [5, 5.41) is 12.9. The Bertz CT molecular complexity index is 476. The van der Waals surface area contributed by atoms with Crippen LogP contribution in [0, 0.1) is 5.82 Å². The lowest BCUT2D eigenvalue weighted by molar-refractivity contribution is 0.0380. The van der Waals surface area contributed by atoms with Crippen LogP contribution in [0.5, 0.6) is 5.75 Å². The van der Waals surface area contributed by atoms with Gasteiger partial charge in [0.15, 0.2) is 11.6 Å². The summed E-state index contributed by atoms with van der Waals surface area (Å²) in [4.78, 5) is 0. The lowest BCUT2D eigenvalue weighted by Crippen LogP contribution is -2.47. The van der Waals surface area contributed by atoms with Crippen LogP contribution in [0.15, 0.2) is 12.1 Å². The molecule has 1 aliphatic heterocycles. The maximum atomic E-state index is 13.8. The highest BCUT2D eigenvalue weighted by atomic mass is 19.1. The van der Waals surface area contributed by atoms with Crippen molar-refractivity contribution in [3.63, 3.8) is 0 Å². The van der Waals surface area contributed by atoms with Crippen molar-refractivity contribution in [2.75, 3.05) is 37.5 Å². The summed E-state index contributed by atoms with van der Waals surface area (Å²) in [5.74, 6) is -0.301. The molecule has 1 fully saturated rings. The van der Waals surface area contributed by atoms with E-state index in [2.05, 4.69) is 5.32 Å². The molecule has 1 heterocycles. The van der Waals surface area contributed by atoms with Gasteiger partial charge in [-0.2, -0.15) is 0 Å². The van der Waals surface area contributed by atoms with Crippen LogP contribution < -0.4 is 15.8 Å². The molecular weight excluding hydrogens is 275 g/mol. The maximum Gasteiger partial charge on any atom is 0.167 e.